The number of nitrogens with zero attached hydrogens (tertiary/aromatic N) is 1. The van der Waals surface area contributed by atoms with Crippen molar-refractivity contribution >= 4 is 17.7 Å². The van der Waals surface area contributed by atoms with Gasteiger partial charge in [-0.25, -0.2) is 14.0 Å². The molecule has 0 saturated carbocycles. The van der Waals surface area contributed by atoms with Gasteiger partial charge in [-0.1, -0.05) is 42.5 Å². The van der Waals surface area contributed by atoms with Crippen LogP contribution in [0.5, 0.6) is 5.75 Å². The number of benzene rings is 3. The SMILES string of the molecule is CCOC(Cc1ccc(OCCN(CCOCc2ccc(F)cc2)C(=O)Nc2ccccc2C)cc1)C(=O)O. The summed E-state index contributed by atoms with van der Waals surface area (Å²) in [4.78, 5) is 26.0. The van der Waals surface area contributed by atoms with Crippen LogP contribution in [0.15, 0.2) is 72.8 Å². The molecule has 0 fully saturated rings. The van der Waals surface area contributed by atoms with E-state index in [0.29, 0.717) is 32.1 Å². The number of urea groups is 1. The fourth-order valence-corrected chi connectivity index (χ4v) is 3.80. The summed E-state index contributed by atoms with van der Waals surface area (Å²) >= 11 is 0. The maximum atomic E-state index is 13.1. The average molecular weight is 539 g/mol. The molecule has 0 aliphatic carbocycles. The summed E-state index contributed by atoms with van der Waals surface area (Å²) in [6.07, 6.45) is -0.638. The molecule has 0 bridgehead atoms. The molecule has 0 aromatic heterocycles. The van der Waals surface area contributed by atoms with Crippen LogP contribution in [-0.2, 0) is 27.3 Å². The number of aryl methyl sites for hydroxylation is 1. The minimum Gasteiger partial charge on any atom is -0.492 e. The van der Waals surface area contributed by atoms with Crippen molar-refractivity contribution in [2.75, 3.05) is 38.2 Å². The first-order chi connectivity index (χ1) is 18.9. The van der Waals surface area contributed by atoms with Crippen molar-refractivity contribution in [3.63, 3.8) is 0 Å². The van der Waals surface area contributed by atoms with Crippen LogP contribution in [0.4, 0.5) is 14.9 Å². The lowest BCUT2D eigenvalue weighted by atomic mass is 10.1. The highest BCUT2D eigenvalue weighted by atomic mass is 19.1. The molecule has 0 saturated heterocycles. The van der Waals surface area contributed by atoms with Crippen LogP contribution in [0, 0.1) is 12.7 Å². The van der Waals surface area contributed by atoms with Crippen LogP contribution in [0.1, 0.15) is 23.6 Å². The summed E-state index contributed by atoms with van der Waals surface area (Å²) in [6, 6.07) is 20.5. The van der Waals surface area contributed by atoms with Crippen molar-refractivity contribution < 1.29 is 33.3 Å². The van der Waals surface area contributed by atoms with Crippen LogP contribution in [0.2, 0.25) is 0 Å². The molecule has 3 rings (SSSR count). The number of para-hydroxylation sites is 1. The minimum absolute atomic E-state index is 0.245. The van der Waals surface area contributed by atoms with Crippen molar-refractivity contribution in [1.29, 1.82) is 0 Å². The van der Waals surface area contributed by atoms with Gasteiger partial charge in [0.25, 0.3) is 0 Å². The van der Waals surface area contributed by atoms with Gasteiger partial charge < -0.3 is 29.5 Å². The molecular formula is C30H35FN2O6. The molecule has 8 nitrogen and oxygen atoms in total. The predicted molar refractivity (Wildman–Crippen MR) is 147 cm³/mol. The number of ether oxygens (including phenoxy) is 3. The monoisotopic (exact) mass is 538 g/mol. The van der Waals surface area contributed by atoms with Gasteiger partial charge in [0.1, 0.15) is 18.2 Å². The third kappa shape index (κ3) is 10.0. The maximum Gasteiger partial charge on any atom is 0.333 e. The van der Waals surface area contributed by atoms with Crippen LogP contribution in [-0.4, -0.2) is 61.0 Å². The number of carboxylic acids is 1. The maximum absolute atomic E-state index is 13.1. The van der Waals surface area contributed by atoms with E-state index in [1.165, 1.54) is 12.1 Å². The lowest BCUT2D eigenvalue weighted by Gasteiger charge is -2.24. The van der Waals surface area contributed by atoms with E-state index in [1.807, 2.05) is 31.2 Å². The smallest absolute Gasteiger partial charge is 0.333 e. The number of amides is 2. The van der Waals surface area contributed by atoms with Gasteiger partial charge in [0.2, 0.25) is 0 Å². The Morgan fingerprint density at radius 3 is 2.28 bits per heavy atom. The Balaban J connectivity index is 1.54. The zero-order valence-corrected chi connectivity index (χ0v) is 22.3. The van der Waals surface area contributed by atoms with Crippen LogP contribution >= 0.6 is 0 Å². The molecule has 0 heterocycles. The first-order valence-corrected chi connectivity index (χ1v) is 12.9. The molecule has 39 heavy (non-hydrogen) atoms. The Morgan fingerprint density at radius 2 is 1.62 bits per heavy atom. The molecule has 0 spiro atoms. The summed E-state index contributed by atoms with van der Waals surface area (Å²) in [6.45, 7) is 5.49. The summed E-state index contributed by atoms with van der Waals surface area (Å²) in [5.74, 6) is -0.695. The van der Waals surface area contributed by atoms with E-state index < -0.39 is 12.1 Å². The quantitative estimate of drug-likeness (QED) is 0.255. The fraction of sp³-hybridized carbons (Fsp3) is 0.333. The Bertz CT molecular complexity index is 1190. The molecule has 3 aromatic rings. The number of aliphatic carboxylic acids is 1. The van der Waals surface area contributed by atoms with Gasteiger partial charge in [0.15, 0.2) is 6.10 Å². The molecule has 9 heteroatoms. The summed E-state index contributed by atoms with van der Waals surface area (Å²) < 4.78 is 30.0. The van der Waals surface area contributed by atoms with Gasteiger partial charge in [0.05, 0.1) is 19.8 Å². The Kier molecular flexibility index (Phi) is 11.7. The van der Waals surface area contributed by atoms with Gasteiger partial charge in [-0.3, -0.25) is 0 Å². The molecule has 0 aliphatic heterocycles. The van der Waals surface area contributed by atoms with Crippen molar-refractivity contribution in [2.45, 2.75) is 33.0 Å². The molecule has 1 unspecified atom stereocenters. The normalized spacial score (nSPS) is 11.6. The van der Waals surface area contributed by atoms with Crippen molar-refractivity contribution in [3.8, 4) is 5.75 Å². The zero-order valence-electron chi connectivity index (χ0n) is 22.3. The van der Waals surface area contributed by atoms with E-state index >= 15 is 0 Å². The lowest BCUT2D eigenvalue weighted by molar-refractivity contribution is -0.149. The first kappa shape index (κ1) is 29.6. The Hall–Kier alpha value is -3.95. The lowest BCUT2D eigenvalue weighted by Crippen LogP contribution is -2.40. The second-order valence-electron chi connectivity index (χ2n) is 8.89. The second-order valence-corrected chi connectivity index (χ2v) is 8.89. The van der Waals surface area contributed by atoms with Gasteiger partial charge in [-0.15, -0.1) is 0 Å². The third-order valence-electron chi connectivity index (χ3n) is 5.98. The topological polar surface area (TPSA) is 97.3 Å². The highest BCUT2D eigenvalue weighted by Crippen LogP contribution is 2.16. The molecule has 208 valence electrons. The van der Waals surface area contributed by atoms with Gasteiger partial charge >= 0.3 is 12.0 Å². The summed E-state index contributed by atoms with van der Waals surface area (Å²) in [5, 5.41) is 12.2. The standard InChI is InChI=1S/C30H35FN2O6/c1-3-38-28(29(34)35)20-23-10-14-26(15-11-23)39-19-17-33(30(36)32-27-7-5-4-6-22(27)2)16-18-37-21-24-8-12-25(31)13-9-24/h4-15,28H,3,16-21H2,1-2H3,(H,32,36)(H,34,35). The molecule has 3 aromatic carbocycles. The second kappa shape index (κ2) is 15.5. The highest BCUT2D eigenvalue weighted by Gasteiger charge is 2.18. The van der Waals surface area contributed by atoms with Crippen LogP contribution < -0.4 is 10.1 Å². The number of nitrogens with one attached hydrogen (secondary N) is 1. The molecule has 0 aliphatic rings. The number of rotatable bonds is 15. The number of anilines is 1. The molecule has 2 amide bonds. The van der Waals surface area contributed by atoms with E-state index in [4.69, 9.17) is 14.2 Å². The molecule has 1 atom stereocenters. The predicted octanol–water partition coefficient (Wildman–Crippen LogP) is 5.30. The first-order valence-electron chi connectivity index (χ1n) is 12.9. The molecule has 0 radical (unpaired) electrons. The third-order valence-corrected chi connectivity index (χ3v) is 5.98. The van der Waals surface area contributed by atoms with Crippen molar-refractivity contribution in [1.82, 2.24) is 4.90 Å². The number of carboxylic acid groups (broad SMARTS) is 1. The summed E-state index contributed by atoms with van der Waals surface area (Å²) in [5.41, 5.74) is 3.34. The number of halogens is 1. The average Bonchev–Trinajstić information content (AvgIpc) is 2.92. The van der Waals surface area contributed by atoms with Gasteiger partial charge in [0, 0.05) is 25.3 Å². The van der Waals surface area contributed by atoms with Crippen LogP contribution in [0.3, 0.4) is 0 Å². The number of hydrogen-bond acceptors (Lipinski definition) is 5. The number of carbonyl (C=O) groups excluding carboxylic acids is 1. The van der Waals surface area contributed by atoms with E-state index in [2.05, 4.69) is 5.32 Å². The summed E-state index contributed by atoms with van der Waals surface area (Å²) in [7, 11) is 0. The molecular weight excluding hydrogens is 503 g/mol. The van der Waals surface area contributed by atoms with E-state index in [9.17, 15) is 19.1 Å². The Labute approximate surface area is 228 Å². The molecule has 2 N–H and O–H groups in total. The van der Waals surface area contributed by atoms with E-state index in [1.54, 1.807) is 48.2 Å². The highest BCUT2D eigenvalue weighted by molar-refractivity contribution is 5.90. The van der Waals surface area contributed by atoms with Gasteiger partial charge in [-0.2, -0.15) is 0 Å². The Morgan fingerprint density at radius 1 is 0.949 bits per heavy atom. The number of carbonyl (C=O) groups is 2. The van der Waals surface area contributed by atoms with Crippen molar-refractivity contribution in [2.24, 2.45) is 0 Å². The van der Waals surface area contributed by atoms with Crippen molar-refractivity contribution in [3.05, 3.63) is 95.3 Å². The fourth-order valence-electron chi connectivity index (χ4n) is 3.80. The van der Waals surface area contributed by atoms with E-state index in [-0.39, 0.29) is 31.5 Å². The van der Waals surface area contributed by atoms with Crippen LogP contribution in [0.25, 0.3) is 0 Å². The largest absolute Gasteiger partial charge is 0.492 e. The van der Waals surface area contributed by atoms with E-state index in [0.717, 1.165) is 22.4 Å². The zero-order chi connectivity index (χ0) is 28.0. The van der Waals surface area contributed by atoms with Gasteiger partial charge in [-0.05, 0) is 60.9 Å². The number of hydrogen-bond donors (Lipinski definition) is 2. The minimum atomic E-state index is -0.997.